The average Bonchev–Trinajstić information content (AvgIpc) is 3.60. The maximum Gasteiger partial charge on any atom is 0.235 e. The smallest absolute Gasteiger partial charge is 0.235 e. The van der Waals surface area contributed by atoms with Gasteiger partial charge in [0.1, 0.15) is 34.7 Å². The fourth-order valence-corrected chi connectivity index (χ4v) is 10.2. The molecule has 3 heterocycles. The first kappa shape index (κ1) is 64.8. The number of carbonyl (C=O) groups is 2. The number of phenolic OH excluding ortho intramolecular Hbond substituents is 1. The number of hydrogen-bond acceptors (Lipinski definition) is 11. The van der Waals surface area contributed by atoms with Crippen LogP contribution in [0.15, 0.2) is 151 Å². The van der Waals surface area contributed by atoms with Crippen molar-refractivity contribution in [1.82, 2.24) is 29.8 Å². The molecule has 0 aliphatic carbocycles. The number of isocyanates is 1. The van der Waals surface area contributed by atoms with E-state index in [2.05, 4.69) is 46.2 Å². The van der Waals surface area contributed by atoms with Gasteiger partial charge in [0.25, 0.3) is 0 Å². The number of ether oxygens (including phenoxy) is 2. The Kier molecular flexibility index (Phi) is 27.3. The SMILES string of the molecule is CN1CCC(N(Cc2ccc(F)cc2)C(=O)CCc2ccc(O)cc2)CC1.CN1CCC(NCc2ccc(F)cc2)CC1.COc1ccc(CCC(=O)N(Cc2ccc(F)cc2)C2CCN(C)CC2)cc1.COc1ccc(CN=C=O)cc1. The number of carbonyl (C=O) groups excluding carboxylic acids is 3. The number of halogens is 3. The van der Waals surface area contributed by atoms with Crippen LogP contribution in [0.4, 0.5) is 13.2 Å². The van der Waals surface area contributed by atoms with Crippen LogP contribution >= 0.6 is 0 Å². The van der Waals surface area contributed by atoms with Gasteiger partial charge in [0.05, 0.1) is 20.8 Å². The van der Waals surface area contributed by atoms with Gasteiger partial charge in [-0.15, -0.1) is 0 Å². The number of phenols is 1. The Morgan fingerprint density at radius 2 is 0.855 bits per heavy atom. The van der Waals surface area contributed by atoms with Crippen LogP contribution in [0, 0.1) is 17.5 Å². The summed E-state index contributed by atoms with van der Waals surface area (Å²) in [5, 5.41) is 12.9. The van der Waals surface area contributed by atoms with Crippen molar-refractivity contribution in [2.45, 2.75) is 109 Å². The first-order chi connectivity index (χ1) is 40.2. The molecular formula is C67H84F3N7O6. The molecule has 13 nitrogen and oxygen atoms in total. The van der Waals surface area contributed by atoms with Crippen molar-refractivity contribution in [3.05, 3.63) is 196 Å². The molecule has 0 unspecified atom stereocenters. The summed E-state index contributed by atoms with van der Waals surface area (Å²) >= 11 is 0. The van der Waals surface area contributed by atoms with E-state index in [0.717, 1.165) is 103 Å². The van der Waals surface area contributed by atoms with Crippen LogP contribution in [-0.2, 0) is 53.4 Å². The number of methoxy groups -OCH3 is 2. The van der Waals surface area contributed by atoms with Crippen molar-refractivity contribution in [2.75, 3.05) is 74.6 Å². The van der Waals surface area contributed by atoms with Crippen LogP contribution in [0.3, 0.4) is 0 Å². The summed E-state index contributed by atoms with van der Waals surface area (Å²) in [6.07, 6.45) is 10.0. The molecule has 2 amide bonds. The molecular weight excluding hydrogens is 1060 g/mol. The van der Waals surface area contributed by atoms with Crippen LogP contribution in [-0.4, -0.2) is 140 Å². The summed E-state index contributed by atoms with van der Waals surface area (Å²) in [6.45, 7) is 8.57. The number of likely N-dealkylation sites (tertiary alicyclic amines) is 3. The van der Waals surface area contributed by atoms with Gasteiger partial charge in [-0.2, -0.15) is 0 Å². The van der Waals surface area contributed by atoms with Crippen molar-refractivity contribution in [2.24, 2.45) is 4.99 Å². The van der Waals surface area contributed by atoms with Crippen LogP contribution in [0.2, 0.25) is 0 Å². The van der Waals surface area contributed by atoms with Crippen molar-refractivity contribution in [3.63, 3.8) is 0 Å². The molecule has 2 N–H and O–H groups in total. The van der Waals surface area contributed by atoms with Crippen LogP contribution in [0.1, 0.15) is 84.7 Å². The molecule has 0 bridgehead atoms. The number of aryl methyl sites for hydroxylation is 2. The standard InChI is InChI=1S/C23H29FN2O2.C22H27FN2O2.C13H19FN2.C9H9NO2/c1-25-15-13-21(14-16-25)26(17-19-3-8-20(24)9-4-19)23(27)12-7-18-5-10-22(28-2)11-6-18;1-24-14-12-20(13-15-24)25(16-18-2-7-19(23)8-3-18)22(27)11-6-17-4-9-21(26)10-5-17;1-16-8-6-13(7-9-16)15-10-11-2-4-12(14)5-3-11;1-12-9-4-2-8(3-5-9)6-10-7-11/h3-6,8-11,21H,7,12-17H2,1-2H3;2-5,7-10,20,26H,6,11-16H2,1H3;2-5,13,15H,6-10H2,1H3;2-5H,6H2,1H3. The van der Waals surface area contributed by atoms with E-state index in [4.69, 9.17) is 9.47 Å². The lowest BCUT2D eigenvalue weighted by molar-refractivity contribution is -0.136. The Labute approximate surface area is 489 Å². The highest BCUT2D eigenvalue weighted by Gasteiger charge is 2.28. The van der Waals surface area contributed by atoms with Crippen molar-refractivity contribution < 1.29 is 42.1 Å². The normalized spacial score (nSPS) is 15.2. The van der Waals surface area contributed by atoms with Gasteiger partial charge in [-0.1, -0.05) is 72.8 Å². The van der Waals surface area contributed by atoms with Crippen molar-refractivity contribution in [1.29, 1.82) is 0 Å². The van der Waals surface area contributed by atoms with Gasteiger partial charge < -0.3 is 44.4 Å². The Bertz CT molecular complexity index is 2850. The summed E-state index contributed by atoms with van der Waals surface area (Å²) in [6, 6.07) is 42.9. The quantitative estimate of drug-likeness (QED) is 0.0597. The number of amides is 2. The van der Waals surface area contributed by atoms with Gasteiger partial charge >= 0.3 is 0 Å². The Morgan fingerprint density at radius 3 is 1.23 bits per heavy atom. The maximum absolute atomic E-state index is 13.2. The van der Waals surface area contributed by atoms with Gasteiger partial charge in [-0.25, -0.2) is 23.0 Å². The number of aliphatic imine (C=N–C) groups is 1. The largest absolute Gasteiger partial charge is 0.508 e. The molecule has 6 aromatic carbocycles. The van der Waals surface area contributed by atoms with E-state index >= 15 is 0 Å². The molecule has 0 saturated carbocycles. The number of aromatic hydroxyl groups is 1. The molecule has 0 atom stereocenters. The maximum atomic E-state index is 13.2. The zero-order valence-electron chi connectivity index (χ0n) is 49.0. The van der Waals surface area contributed by atoms with Crippen molar-refractivity contribution in [3.8, 4) is 17.2 Å². The van der Waals surface area contributed by atoms with Gasteiger partial charge in [0, 0.05) is 50.6 Å². The topological polar surface area (TPSA) is 130 Å². The van der Waals surface area contributed by atoms with Crippen LogP contribution < -0.4 is 14.8 Å². The molecule has 6 aromatic rings. The third-order valence-corrected chi connectivity index (χ3v) is 15.5. The van der Waals surface area contributed by atoms with Crippen LogP contribution in [0.5, 0.6) is 17.2 Å². The first-order valence-electron chi connectivity index (χ1n) is 28.9. The monoisotopic (exact) mass is 1140 g/mol. The first-order valence-corrected chi connectivity index (χ1v) is 28.9. The molecule has 3 aliphatic heterocycles. The molecule has 3 saturated heterocycles. The number of rotatable bonds is 19. The lowest BCUT2D eigenvalue weighted by Crippen LogP contribution is -2.46. The second kappa shape index (κ2) is 35.0. The highest BCUT2D eigenvalue weighted by Crippen LogP contribution is 2.24. The molecule has 83 heavy (non-hydrogen) atoms. The summed E-state index contributed by atoms with van der Waals surface area (Å²) in [7, 11) is 9.64. The third-order valence-electron chi connectivity index (χ3n) is 15.5. The minimum absolute atomic E-state index is 0.127. The van der Waals surface area contributed by atoms with Gasteiger partial charge in [0.2, 0.25) is 17.9 Å². The molecule has 0 radical (unpaired) electrons. The van der Waals surface area contributed by atoms with Crippen molar-refractivity contribution >= 4 is 17.9 Å². The number of benzene rings is 6. The molecule has 0 aromatic heterocycles. The minimum Gasteiger partial charge on any atom is -0.508 e. The number of hydrogen-bond donors (Lipinski definition) is 2. The minimum atomic E-state index is -0.261. The fourth-order valence-electron chi connectivity index (χ4n) is 10.2. The molecule has 9 rings (SSSR count). The fraction of sp³-hybridized carbons (Fsp3) is 0.418. The number of nitrogens with zero attached hydrogens (tertiary/aromatic N) is 6. The second-order valence-electron chi connectivity index (χ2n) is 21.7. The van der Waals surface area contributed by atoms with Gasteiger partial charge in [-0.05, 0) is 218 Å². The molecule has 3 aliphatic rings. The highest BCUT2D eigenvalue weighted by molar-refractivity contribution is 5.77. The van der Waals surface area contributed by atoms with E-state index in [0.29, 0.717) is 51.4 Å². The van der Waals surface area contributed by atoms with Crippen LogP contribution in [0.25, 0.3) is 0 Å². The third kappa shape index (κ3) is 23.5. The average molecular weight is 1140 g/mol. The summed E-state index contributed by atoms with van der Waals surface area (Å²) in [5.41, 5.74) is 6.21. The Hall–Kier alpha value is -7.33. The van der Waals surface area contributed by atoms with Gasteiger partial charge in [0.15, 0.2) is 0 Å². The van der Waals surface area contributed by atoms with E-state index in [1.54, 1.807) is 50.6 Å². The van der Waals surface area contributed by atoms with E-state index in [-0.39, 0.29) is 47.1 Å². The molecule has 3 fully saturated rings. The van der Waals surface area contributed by atoms with E-state index < -0.39 is 0 Å². The summed E-state index contributed by atoms with van der Waals surface area (Å²) < 4.78 is 49.3. The lowest BCUT2D eigenvalue weighted by atomic mass is 10.0. The highest BCUT2D eigenvalue weighted by atomic mass is 19.1. The second-order valence-corrected chi connectivity index (χ2v) is 21.7. The number of piperidine rings is 3. The molecule has 16 heteroatoms. The van der Waals surface area contributed by atoms with Gasteiger partial charge in [-0.3, -0.25) is 9.59 Å². The Morgan fingerprint density at radius 1 is 0.518 bits per heavy atom. The summed E-state index contributed by atoms with van der Waals surface area (Å²) in [5.74, 6) is 1.46. The zero-order valence-corrected chi connectivity index (χ0v) is 49.0. The van der Waals surface area contributed by atoms with E-state index in [1.165, 1.54) is 68.4 Å². The summed E-state index contributed by atoms with van der Waals surface area (Å²) in [4.78, 5) is 50.3. The lowest BCUT2D eigenvalue weighted by Gasteiger charge is -2.37. The van der Waals surface area contributed by atoms with E-state index in [9.17, 15) is 32.7 Å². The zero-order chi connectivity index (χ0) is 59.3. The van der Waals surface area contributed by atoms with E-state index in [1.807, 2.05) is 82.6 Å². The predicted octanol–water partition coefficient (Wildman–Crippen LogP) is 11.0. The molecule has 0 spiro atoms. The number of nitrogens with one attached hydrogen (secondary N) is 1. The molecule has 444 valence electrons. The Balaban J connectivity index is 0.000000187. The predicted molar refractivity (Wildman–Crippen MR) is 321 cm³/mol.